The van der Waals surface area contributed by atoms with E-state index in [0.29, 0.717) is 5.82 Å². The van der Waals surface area contributed by atoms with Crippen LogP contribution in [0.4, 0.5) is 15.1 Å². The molecule has 0 atom stereocenters. The van der Waals surface area contributed by atoms with Gasteiger partial charge in [0.25, 0.3) is 0 Å². The number of carbonyl (C=O) groups is 1. The predicted octanol–water partition coefficient (Wildman–Crippen LogP) is 1.48. The van der Waals surface area contributed by atoms with E-state index in [1.54, 1.807) is 6.92 Å². The van der Waals surface area contributed by atoms with Crippen molar-refractivity contribution in [1.29, 1.82) is 0 Å². The summed E-state index contributed by atoms with van der Waals surface area (Å²) in [6.45, 7) is 3.24. The van der Waals surface area contributed by atoms with E-state index in [0.717, 1.165) is 11.3 Å². The molecule has 0 bridgehead atoms. The van der Waals surface area contributed by atoms with Crippen LogP contribution in [-0.2, 0) is 10.5 Å². The van der Waals surface area contributed by atoms with E-state index in [4.69, 9.17) is 9.47 Å². The second-order valence-electron chi connectivity index (χ2n) is 4.79. The molecule has 1 heterocycles. The van der Waals surface area contributed by atoms with Crippen LogP contribution in [0, 0.1) is 13.8 Å². The number of urea groups is 1. The molecule has 0 spiro atoms. The van der Waals surface area contributed by atoms with Crippen LogP contribution in [0.3, 0.4) is 0 Å². The molecule has 0 saturated heterocycles. The Morgan fingerprint density at radius 1 is 1.25 bits per heavy atom. The van der Waals surface area contributed by atoms with E-state index in [2.05, 4.69) is 19.3 Å². The molecule has 10 nitrogen and oxygen atoms in total. The van der Waals surface area contributed by atoms with Crippen LogP contribution in [-0.4, -0.2) is 79.3 Å². The Labute approximate surface area is 184 Å². The molecule has 0 saturated carbocycles. The summed E-state index contributed by atoms with van der Waals surface area (Å²) in [5, 5.41) is 2.05. The van der Waals surface area contributed by atoms with Crippen LogP contribution in [0.15, 0.2) is 28.6 Å². The number of aromatic nitrogens is 3. The van der Waals surface area contributed by atoms with Crippen molar-refractivity contribution in [3.8, 4) is 11.8 Å². The molecule has 1 aromatic carbocycles. The molecule has 0 aliphatic heterocycles. The van der Waals surface area contributed by atoms with Gasteiger partial charge in [-0.15, -0.1) is 0 Å². The average molecular weight is 423 g/mol. The number of alkyl halides is 1. The summed E-state index contributed by atoms with van der Waals surface area (Å²) >= 11 is 0. The predicted molar refractivity (Wildman–Crippen MR) is 101 cm³/mol. The second-order valence-corrected chi connectivity index (χ2v) is 5.40. The van der Waals surface area contributed by atoms with Crippen LogP contribution in [0.1, 0.15) is 11.4 Å². The number of amides is 2. The van der Waals surface area contributed by atoms with Gasteiger partial charge in [-0.1, -0.05) is 16.5 Å². The number of nitrogens with one attached hydrogen (secondary N) is 1. The van der Waals surface area contributed by atoms with Crippen LogP contribution in [0.25, 0.3) is 0 Å². The van der Waals surface area contributed by atoms with Crippen LogP contribution >= 0.6 is 0 Å². The fourth-order valence-corrected chi connectivity index (χ4v) is 1.83. The SMILES string of the molecule is COc1nc(C)nc(NC(=O)N=S(=O)=O)n1.Cc1cccc(OCCF)c1.[NaH]. The maximum atomic E-state index is 11.7. The molecule has 2 rings (SSSR count). The Hall–Kier alpha value is -2.15. The Balaban J connectivity index is 0.000000535. The van der Waals surface area contributed by atoms with Gasteiger partial charge in [-0.2, -0.15) is 23.4 Å². The summed E-state index contributed by atoms with van der Waals surface area (Å²) in [5.74, 6) is 0.914. The molecule has 28 heavy (non-hydrogen) atoms. The van der Waals surface area contributed by atoms with E-state index in [1.165, 1.54) is 7.11 Å². The summed E-state index contributed by atoms with van der Waals surface area (Å²) in [4.78, 5) is 22.1. The minimum atomic E-state index is -2.82. The van der Waals surface area contributed by atoms with Crippen molar-refractivity contribution < 1.29 is 27.1 Å². The quantitative estimate of drug-likeness (QED) is 0.715. The fraction of sp³-hybridized carbons (Fsp3) is 0.333. The number of ether oxygens (including phenoxy) is 2. The number of hydrogen-bond acceptors (Lipinski definition) is 8. The third kappa shape index (κ3) is 10.9. The normalized spacial score (nSPS) is 9.14. The van der Waals surface area contributed by atoms with Gasteiger partial charge >= 0.3 is 52.1 Å². The molecular formula is C15H19FN5NaO5S. The number of halogens is 1. The number of benzene rings is 1. The van der Waals surface area contributed by atoms with Gasteiger partial charge in [0.1, 0.15) is 24.9 Å². The number of methoxy groups -OCH3 is 1. The van der Waals surface area contributed by atoms with E-state index in [-0.39, 0.29) is 48.1 Å². The molecule has 0 unspecified atom stereocenters. The number of hydrogen-bond donors (Lipinski definition) is 1. The van der Waals surface area contributed by atoms with Gasteiger partial charge < -0.3 is 9.47 Å². The fourth-order valence-electron chi connectivity index (χ4n) is 1.65. The molecule has 148 valence electrons. The van der Waals surface area contributed by atoms with Gasteiger partial charge in [0, 0.05) is 0 Å². The zero-order valence-electron chi connectivity index (χ0n) is 14.8. The van der Waals surface area contributed by atoms with Gasteiger partial charge in [-0.3, -0.25) is 5.32 Å². The number of aryl methyl sites for hydroxylation is 2. The molecule has 1 aromatic heterocycles. The van der Waals surface area contributed by atoms with E-state index in [9.17, 15) is 17.6 Å². The van der Waals surface area contributed by atoms with Crippen LogP contribution < -0.4 is 14.8 Å². The molecule has 0 fully saturated rings. The first-order valence-corrected chi connectivity index (χ1v) is 8.51. The topological polar surface area (TPSA) is 133 Å². The standard InChI is InChI=1S/C9H11FO.C6H7N5O4S.Na.H/c1-8-3-2-4-9(7-8)11-6-5-10;1-3-7-4(10-6(8-3)15-2)9-5(12)11-16(13)14;;/h2-4,7H,5-6H2,1H3;1-2H3,(H,7,8,9,10,12);;. The maximum absolute atomic E-state index is 11.7. The molecule has 0 aliphatic rings. The third-order valence-corrected chi connectivity index (χ3v) is 2.94. The number of carbonyl (C=O) groups excluding carboxylic acids is 1. The summed E-state index contributed by atoms with van der Waals surface area (Å²) in [7, 11) is -1.48. The monoisotopic (exact) mass is 423 g/mol. The van der Waals surface area contributed by atoms with Gasteiger partial charge in [0.2, 0.25) is 5.95 Å². The van der Waals surface area contributed by atoms with Crippen molar-refractivity contribution in [2.24, 2.45) is 4.36 Å². The summed E-state index contributed by atoms with van der Waals surface area (Å²) in [6, 6.07) is 6.48. The van der Waals surface area contributed by atoms with Gasteiger partial charge in [-0.05, 0) is 31.5 Å². The Bertz CT molecular complexity index is 905. The van der Waals surface area contributed by atoms with Crippen molar-refractivity contribution in [2.75, 3.05) is 25.7 Å². The molecule has 13 heteroatoms. The van der Waals surface area contributed by atoms with Crippen LogP contribution in [0.5, 0.6) is 11.8 Å². The summed E-state index contributed by atoms with van der Waals surface area (Å²) in [5.41, 5.74) is 1.13. The molecular weight excluding hydrogens is 404 g/mol. The zero-order valence-corrected chi connectivity index (χ0v) is 15.7. The van der Waals surface area contributed by atoms with Gasteiger partial charge in [0.05, 0.1) is 7.11 Å². The molecule has 0 radical (unpaired) electrons. The van der Waals surface area contributed by atoms with E-state index in [1.807, 2.05) is 36.5 Å². The first kappa shape index (κ1) is 25.9. The second kappa shape index (κ2) is 13.9. The average Bonchev–Trinajstić information content (AvgIpc) is 2.59. The molecule has 0 aliphatic carbocycles. The Morgan fingerprint density at radius 3 is 2.54 bits per heavy atom. The first-order chi connectivity index (χ1) is 12.8. The van der Waals surface area contributed by atoms with Gasteiger partial charge in [0.15, 0.2) is 0 Å². The van der Waals surface area contributed by atoms with Crippen molar-refractivity contribution in [1.82, 2.24) is 15.0 Å². The summed E-state index contributed by atoms with van der Waals surface area (Å²) in [6.07, 6.45) is 0. The third-order valence-electron chi connectivity index (χ3n) is 2.62. The van der Waals surface area contributed by atoms with Gasteiger partial charge in [-0.25, -0.2) is 9.18 Å². The van der Waals surface area contributed by atoms with Crippen LogP contribution in [0.2, 0.25) is 0 Å². The number of anilines is 1. The minimum absolute atomic E-state index is 0. The summed E-state index contributed by atoms with van der Waals surface area (Å²) < 4.78 is 44.3. The van der Waals surface area contributed by atoms with Crippen molar-refractivity contribution in [3.63, 3.8) is 0 Å². The van der Waals surface area contributed by atoms with Crippen molar-refractivity contribution >= 4 is 52.0 Å². The Morgan fingerprint density at radius 2 is 1.96 bits per heavy atom. The molecule has 2 aromatic rings. The Kier molecular flexibility index (Phi) is 12.9. The first-order valence-electron chi connectivity index (χ1n) is 7.48. The van der Waals surface area contributed by atoms with E-state index >= 15 is 0 Å². The van der Waals surface area contributed by atoms with Crippen molar-refractivity contribution in [2.45, 2.75) is 13.8 Å². The zero-order chi connectivity index (χ0) is 20.2. The molecule has 2 amide bonds. The van der Waals surface area contributed by atoms with E-state index < -0.39 is 23.2 Å². The number of rotatable bonds is 5. The number of nitrogens with zero attached hydrogens (tertiary/aromatic N) is 4. The molecule has 1 N–H and O–H groups in total. The van der Waals surface area contributed by atoms with Crippen molar-refractivity contribution in [3.05, 3.63) is 35.7 Å².